The highest BCUT2D eigenvalue weighted by atomic mass is 79.9. The molecule has 4 heteroatoms. The van der Waals surface area contributed by atoms with Gasteiger partial charge in [-0.05, 0) is 37.5 Å². The van der Waals surface area contributed by atoms with Crippen LogP contribution in [0.15, 0.2) is 16.6 Å². The zero-order valence-electron chi connectivity index (χ0n) is 8.39. The highest BCUT2D eigenvalue weighted by Crippen LogP contribution is 2.38. The standard InChI is InChI=1S/C11H12BrClO2/c1-7-4-8(12)5-9(13)10(7)15-6-11(14)2-3-11/h4-5,14H,2-3,6H2,1H3. The van der Waals surface area contributed by atoms with E-state index in [1.807, 2.05) is 13.0 Å². The van der Waals surface area contributed by atoms with Crippen LogP contribution in [0.1, 0.15) is 18.4 Å². The van der Waals surface area contributed by atoms with Crippen molar-refractivity contribution < 1.29 is 9.84 Å². The summed E-state index contributed by atoms with van der Waals surface area (Å²) in [7, 11) is 0. The molecule has 0 unspecified atom stereocenters. The summed E-state index contributed by atoms with van der Waals surface area (Å²) in [5.74, 6) is 0.667. The van der Waals surface area contributed by atoms with Gasteiger partial charge in [0, 0.05) is 4.47 Å². The van der Waals surface area contributed by atoms with Gasteiger partial charge in [-0.1, -0.05) is 27.5 Å². The fraction of sp³-hybridized carbons (Fsp3) is 0.455. The Labute approximate surface area is 102 Å². The van der Waals surface area contributed by atoms with Crippen LogP contribution in [0.4, 0.5) is 0 Å². The number of aryl methyl sites for hydroxylation is 1. The second kappa shape index (κ2) is 3.96. The molecular formula is C11H12BrClO2. The molecule has 0 saturated heterocycles. The van der Waals surface area contributed by atoms with E-state index in [-0.39, 0.29) is 0 Å². The second-order valence-corrected chi connectivity index (χ2v) is 5.37. The molecule has 1 N–H and O–H groups in total. The molecule has 1 aliphatic rings. The SMILES string of the molecule is Cc1cc(Br)cc(Cl)c1OCC1(O)CC1. The lowest BCUT2D eigenvalue weighted by molar-refractivity contribution is 0.0854. The van der Waals surface area contributed by atoms with Crippen molar-refractivity contribution in [1.82, 2.24) is 0 Å². The van der Waals surface area contributed by atoms with Crippen LogP contribution in [0.3, 0.4) is 0 Å². The monoisotopic (exact) mass is 290 g/mol. The summed E-state index contributed by atoms with van der Waals surface area (Å²) in [6.45, 7) is 2.26. The third-order valence-corrected chi connectivity index (χ3v) is 3.25. The summed E-state index contributed by atoms with van der Waals surface area (Å²) in [5, 5.41) is 10.2. The van der Waals surface area contributed by atoms with Gasteiger partial charge in [-0.2, -0.15) is 0 Å². The molecule has 15 heavy (non-hydrogen) atoms. The van der Waals surface area contributed by atoms with Gasteiger partial charge < -0.3 is 9.84 Å². The van der Waals surface area contributed by atoms with Gasteiger partial charge in [-0.3, -0.25) is 0 Å². The van der Waals surface area contributed by atoms with Gasteiger partial charge in [0.05, 0.1) is 10.6 Å². The van der Waals surface area contributed by atoms with Crippen LogP contribution >= 0.6 is 27.5 Å². The number of hydrogen-bond donors (Lipinski definition) is 1. The van der Waals surface area contributed by atoms with Gasteiger partial charge in [0.15, 0.2) is 0 Å². The molecule has 82 valence electrons. The van der Waals surface area contributed by atoms with Crippen LogP contribution < -0.4 is 4.74 Å². The fourth-order valence-electron chi connectivity index (χ4n) is 1.37. The molecule has 1 saturated carbocycles. The van der Waals surface area contributed by atoms with Crippen molar-refractivity contribution in [2.75, 3.05) is 6.61 Å². The Balaban J connectivity index is 2.13. The van der Waals surface area contributed by atoms with Gasteiger partial charge >= 0.3 is 0 Å². The van der Waals surface area contributed by atoms with Gasteiger partial charge in [0.25, 0.3) is 0 Å². The Morgan fingerprint density at radius 1 is 1.53 bits per heavy atom. The average Bonchev–Trinajstić information content (AvgIpc) is 2.82. The van der Waals surface area contributed by atoms with Crippen LogP contribution in [-0.4, -0.2) is 17.3 Å². The largest absolute Gasteiger partial charge is 0.489 e. The van der Waals surface area contributed by atoms with E-state index in [1.54, 1.807) is 6.07 Å². The quantitative estimate of drug-likeness (QED) is 0.926. The maximum Gasteiger partial charge on any atom is 0.141 e. The Hall–Kier alpha value is -0.250. The first-order valence-electron chi connectivity index (χ1n) is 4.81. The molecule has 1 aromatic carbocycles. The van der Waals surface area contributed by atoms with Crippen LogP contribution in [0.5, 0.6) is 5.75 Å². The summed E-state index contributed by atoms with van der Waals surface area (Å²) in [4.78, 5) is 0. The van der Waals surface area contributed by atoms with Gasteiger partial charge in [0.2, 0.25) is 0 Å². The van der Waals surface area contributed by atoms with Crippen LogP contribution in [-0.2, 0) is 0 Å². The van der Waals surface area contributed by atoms with E-state index in [4.69, 9.17) is 16.3 Å². The summed E-state index contributed by atoms with van der Waals surface area (Å²) in [6, 6.07) is 3.74. The number of aliphatic hydroxyl groups is 1. The Bertz CT molecular complexity index is 365. The molecule has 2 rings (SSSR count). The zero-order valence-corrected chi connectivity index (χ0v) is 10.7. The maximum atomic E-state index is 9.65. The predicted octanol–water partition coefficient (Wildman–Crippen LogP) is 3.31. The molecule has 0 aromatic heterocycles. The lowest BCUT2D eigenvalue weighted by Gasteiger charge is -2.14. The first-order valence-corrected chi connectivity index (χ1v) is 5.98. The molecule has 1 aromatic rings. The highest BCUT2D eigenvalue weighted by Gasteiger charge is 2.41. The minimum atomic E-state index is -0.608. The molecule has 0 bridgehead atoms. The number of halogens is 2. The van der Waals surface area contributed by atoms with Crippen molar-refractivity contribution in [1.29, 1.82) is 0 Å². The van der Waals surface area contributed by atoms with Gasteiger partial charge in [-0.25, -0.2) is 0 Å². The van der Waals surface area contributed by atoms with Crippen LogP contribution in [0.2, 0.25) is 5.02 Å². The third kappa shape index (κ3) is 2.65. The Morgan fingerprint density at radius 3 is 2.73 bits per heavy atom. The number of ether oxygens (including phenoxy) is 1. The van der Waals surface area contributed by atoms with Crippen molar-refractivity contribution >= 4 is 27.5 Å². The number of hydrogen-bond acceptors (Lipinski definition) is 2. The molecule has 1 aliphatic carbocycles. The minimum Gasteiger partial charge on any atom is -0.489 e. The van der Waals surface area contributed by atoms with E-state index in [2.05, 4.69) is 15.9 Å². The summed E-state index contributed by atoms with van der Waals surface area (Å²) in [6.07, 6.45) is 1.64. The Morgan fingerprint density at radius 2 is 2.20 bits per heavy atom. The highest BCUT2D eigenvalue weighted by molar-refractivity contribution is 9.10. The summed E-state index contributed by atoms with van der Waals surface area (Å²) in [5.41, 5.74) is 0.363. The molecule has 2 nitrogen and oxygen atoms in total. The van der Waals surface area contributed by atoms with Crippen molar-refractivity contribution in [3.63, 3.8) is 0 Å². The van der Waals surface area contributed by atoms with E-state index in [1.165, 1.54) is 0 Å². The third-order valence-electron chi connectivity index (χ3n) is 2.51. The van der Waals surface area contributed by atoms with E-state index in [9.17, 15) is 5.11 Å². The molecule has 1 fully saturated rings. The van der Waals surface area contributed by atoms with Crippen molar-refractivity contribution in [3.05, 3.63) is 27.2 Å². The molecular weight excluding hydrogens is 279 g/mol. The smallest absolute Gasteiger partial charge is 0.141 e. The maximum absolute atomic E-state index is 9.65. The first-order chi connectivity index (χ1) is 7.00. The van der Waals surface area contributed by atoms with E-state index < -0.39 is 5.60 Å². The average molecular weight is 292 g/mol. The van der Waals surface area contributed by atoms with Crippen LogP contribution in [0.25, 0.3) is 0 Å². The first kappa shape index (κ1) is 11.2. The minimum absolute atomic E-state index is 0.329. The predicted molar refractivity (Wildman–Crippen MR) is 63.6 cm³/mol. The Kier molecular flexibility index (Phi) is 2.97. The van der Waals surface area contributed by atoms with Crippen molar-refractivity contribution in [2.24, 2.45) is 0 Å². The normalized spacial score (nSPS) is 17.6. The molecule has 0 amide bonds. The van der Waals surface area contributed by atoms with Gasteiger partial charge in [0.1, 0.15) is 12.4 Å². The number of rotatable bonds is 3. The molecule has 0 spiro atoms. The lowest BCUT2D eigenvalue weighted by Crippen LogP contribution is -2.18. The lowest BCUT2D eigenvalue weighted by atomic mass is 10.2. The van der Waals surface area contributed by atoms with E-state index in [0.717, 1.165) is 22.9 Å². The zero-order chi connectivity index (χ0) is 11.1. The molecule has 0 aliphatic heterocycles. The summed E-state index contributed by atoms with van der Waals surface area (Å²) < 4.78 is 6.48. The van der Waals surface area contributed by atoms with Crippen LogP contribution in [0, 0.1) is 6.92 Å². The molecule has 0 heterocycles. The van der Waals surface area contributed by atoms with E-state index in [0.29, 0.717) is 17.4 Å². The van der Waals surface area contributed by atoms with Crippen molar-refractivity contribution in [2.45, 2.75) is 25.4 Å². The van der Waals surface area contributed by atoms with Crippen molar-refractivity contribution in [3.8, 4) is 5.75 Å². The molecule has 0 radical (unpaired) electrons. The summed E-state index contributed by atoms with van der Waals surface area (Å²) >= 11 is 9.41. The number of benzene rings is 1. The second-order valence-electron chi connectivity index (χ2n) is 4.05. The van der Waals surface area contributed by atoms with Gasteiger partial charge in [-0.15, -0.1) is 0 Å². The fourth-order valence-corrected chi connectivity index (χ4v) is 2.39. The topological polar surface area (TPSA) is 29.5 Å². The van der Waals surface area contributed by atoms with E-state index >= 15 is 0 Å². The molecule has 0 atom stereocenters.